The van der Waals surface area contributed by atoms with Crippen molar-refractivity contribution in [2.45, 2.75) is 12.2 Å². The molecule has 1 aromatic carbocycles. The summed E-state index contributed by atoms with van der Waals surface area (Å²) in [5.41, 5.74) is 0.457. The Labute approximate surface area is 98.9 Å². The predicted molar refractivity (Wildman–Crippen MR) is 58.5 cm³/mol. The van der Waals surface area contributed by atoms with Gasteiger partial charge in [-0.15, -0.1) is 0 Å². The van der Waals surface area contributed by atoms with E-state index in [2.05, 4.69) is 0 Å². The molecule has 0 aliphatic carbocycles. The first-order valence-corrected chi connectivity index (χ1v) is 5.43. The van der Waals surface area contributed by atoms with E-state index in [4.69, 9.17) is 14.2 Å². The standard InChI is InChI=1S/C12H15FO4/c1-15-10-3-2-8(6-9(10)13)12(14)11-7-16-4-5-17-11/h2-3,6,11-12,14H,4-5,7H2,1H3. The number of aliphatic hydroxyl groups is 1. The second-order valence-corrected chi connectivity index (χ2v) is 3.82. The molecule has 1 aliphatic rings. The van der Waals surface area contributed by atoms with E-state index in [1.807, 2.05) is 0 Å². The van der Waals surface area contributed by atoms with Crippen LogP contribution in [0.1, 0.15) is 11.7 Å². The predicted octanol–water partition coefficient (Wildman–Crippen LogP) is 1.28. The molecule has 1 N–H and O–H groups in total. The van der Waals surface area contributed by atoms with Gasteiger partial charge in [-0.1, -0.05) is 6.07 Å². The summed E-state index contributed by atoms with van der Waals surface area (Å²) in [6.45, 7) is 1.29. The van der Waals surface area contributed by atoms with E-state index in [0.717, 1.165) is 0 Å². The number of halogens is 1. The quantitative estimate of drug-likeness (QED) is 0.867. The number of rotatable bonds is 3. The summed E-state index contributed by atoms with van der Waals surface area (Å²) >= 11 is 0. The maximum Gasteiger partial charge on any atom is 0.165 e. The van der Waals surface area contributed by atoms with E-state index in [0.29, 0.717) is 25.4 Å². The molecule has 0 aromatic heterocycles. The Bertz CT molecular complexity index is 377. The minimum Gasteiger partial charge on any atom is -0.494 e. The Kier molecular flexibility index (Phi) is 3.93. The molecule has 1 aliphatic heterocycles. The highest BCUT2D eigenvalue weighted by molar-refractivity contribution is 5.30. The Morgan fingerprint density at radius 2 is 2.29 bits per heavy atom. The zero-order valence-corrected chi connectivity index (χ0v) is 9.56. The maximum atomic E-state index is 13.5. The van der Waals surface area contributed by atoms with Crippen LogP contribution in [-0.4, -0.2) is 38.1 Å². The zero-order chi connectivity index (χ0) is 12.3. The SMILES string of the molecule is COc1ccc(C(O)C2COCCO2)cc1F. The molecule has 5 heteroatoms. The molecule has 2 unspecified atom stereocenters. The molecule has 2 atom stereocenters. The molecule has 2 rings (SSSR count). The Balaban J connectivity index is 2.12. The molecule has 1 saturated heterocycles. The van der Waals surface area contributed by atoms with Crippen LogP contribution in [0.5, 0.6) is 5.75 Å². The monoisotopic (exact) mass is 242 g/mol. The maximum absolute atomic E-state index is 13.5. The van der Waals surface area contributed by atoms with Crippen molar-refractivity contribution in [3.8, 4) is 5.75 Å². The van der Waals surface area contributed by atoms with Crippen LogP contribution in [0.15, 0.2) is 18.2 Å². The number of hydrogen-bond donors (Lipinski definition) is 1. The third-order valence-electron chi connectivity index (χ3n) is 2.71. The Morgan fingerprint density at radius 1 is 1.47 bits per heavy atom. The average molecular weight is 242 g/mol. The number of ether oxygens (including phenoxy) is 3. The third kappa shape index (κ3) is 2.74. The first-order chi connectivity index (χ1) is 8.22. The van der Waals surface area contributed by atoms with Crippen LogP contribution in [0, 0.1) is 5.82 Å². The van der Waals surface area contributed by atoms with Crippen LogP contribution in [-0.2, 0) is 9.47 Å². The highest BCUT2D eigenvalue weighted by atomic mass is 19.1. The molecular weight excluding hydrogens is 227 g/mol. The first kappa shape index (κ1) is 12.3. The third-order valence-corrected chi connectivity index (χ3v) is 2.71. The van der Waals surface area contributed by atoms with E-state index in [1.165, 1.54) is 19.2 Å². The van der Waals surface area contributed by atoms with Gasteiger partial charge in [-0.2, -0.15) is 0 Å². The smallest absolute Gasteiger partial charge is 0.165 e. The van der Waals surface area contributed by atoms with Gasteiger partial charge in [0.2, 0.25) is 0 Å². The summed E-state index contributed by atoms with van der Waals surface area (Å²) in [5, 5.41) is 10.0. The molecule has 4 nitrogen and oxygen atoms in total. The lowest BCUT2D eigenvalue weighted by molar-refractivity contribution is -0.133. The van der Waals surface area contributed by atoms with Crippen molar-refractivity contribution in [3.05, 3.63) is 29.6 Å². The molecule has 0 spiro atoms. The van der Waals surface area contributed by atoms with Gasteiger partial charge in [0.1, 0.15) is 12.2 Å². The van der Waals surface area contributed by atoms with Crippen LogP contribution >= 0.6 is 0 Å². The topological polar surface area (TPSA) is 47.9 Å². The molecule has 94 valence electrons. The minimum atomic E-state index is -0.893. The minimum absolute atomic E-state index is 0.154. The van der Waals surface area contributed by atoms with Crippen molar-refractivity contribution in [1.82, 2.24) is 0 Å². The number of methoxy groups -OCH3 is 1. The molecule has 1 fully saturated rings. The van der Waals surface area contributed by atoms with Crippen LogP contribution in [0.4, 0.5) is 4.39 Å². The van der Waals surface area contributed by atoms with Gasteiger partial charge in [-0.05, 0) is 17.7 Å². The van der Waals surface area contributed by atoms with Gasteiger partial charge in [0.25, 0.3) is 0 Å². The number of hydrogen-bond acceptors (Lipinski definition) is 4. The fourth-order valence-electron chi connectivity index (χ4n) is 1.77. The lowest BCUT2D eigenvalue weighted by Crippen LogP contribution is -2.33. The normalized spacial score (nSPS) is 22.2. The summed E-state index contributed by atoms with van der Waals surface area (Å²) in [5.74, 6) is -0.345. The van der Waals surface area contributed by atoms with Crippen LogP contribution < -0.4 is 4.74 Å². The van der Waals surface area contributed by atoms with Crippen molar-refractivity contribution >= 4 is 0 Å². The largest absolute Gasteiger partial charge is 0.494 e. The van der Waals surface area contributed by atoms with E-state index >= 15 is 0 Å². The van der Waals surface area contributed by atoms with Gasteiger partial charge in [-0.25, -0.2) is 4.39 Å². The summed E-state index contributed by atoms with van der Waals surface area (Å²) < 4.78 is 28.8. The van der Waals surface area contributed by atoms with E-state index in [9.17, 15) is 9.50 Å². The summed E-state index contributed by atoms with van der Waals surface area (Å²) in [7, 11) is 1.40. The van der Waals surface area contributed by atoms with Gasteiger partial charge in [0.15, 0.2) is 11.6 Å². The average Bonchev–Trinajstić information content (AvgIpc) is 2.39. The lowest BCUT2D eigenvalue weighted by atomic mass is 10.0. The number of aliphatic hydroxyl groups excluding tert-OH is 1. The lowest BCUT2D eigenvalue weighted by Gasteiger charge is -2.27. The van der Waals surface area contributed by atoms with Crippen molar-refractivity contribution in [1.29, 1.82) is 0 Å². The molecule has 1 aromatic rings. The molecule has 1 heterocycles. The van der Waals surface area contributed by atoms with Gasteiger partial charge in [-0.3, -0.25) is 0 Å². The highest BCUT2D eigenvalue weighted by Gasteiger charge is 2.25. The van der Waals surface area contributed by atoms with Crippen LogP contribution in [0.2, 0.25) is 0 Å². The summed E-state index contributed by atoms with van der Waals surface area (Å²) in [4.78, 5) is 0. The fraction of sp³-hybridized carbons (Fsp3) is 0.500. The van der Waals surface area contributed by atoms with Crippen LogP contribution in [0.25, 0.3) is 0 Å². The van der Waals surface area contributed by atoms with Crippen molar-refractivity contribution in [2.75, 3.05) is 26.9 Å². The molecule has 0 bridgehead atoms. The van der Waals surface area contributed by atoms with Crippen molar-refractivity contribution in [3.63, 3.8) is 0 Å². The second kappa shape index (κ2) is 5.44. The molecule has 0 amide bonds. The first-order valence-electron chi connectivity index (χ1n) is 5.43. The molecular formula is C12H15FO4. The van der Waals surface area contributed by atoms with Crippen molar-refractivity contribution < 1.29 is 23.7 Å². The molecule has 17 heavy (non-hydrogen) atoms. The highest BCUT2D eigenvalue weighted by Crippen LogP contribution is 2.25. The van der Waals surface area contributed by atoms with Crippen molar-refractivity contribution in [2.24, 2.45) is 0 Å². The molecule has 0 saturated carbocycles. The van der Waals surface area contributed by atoms with Gasteiger partial charge < -0.3 is 19.3 Å². The Hall–Kier alpha value is -1.17. The van der Waals surface area contributed by atoms with Crippen LogP contribution in [0.3, 0.4) is 0 Å². The van der Waals surface area contributed by atoms with Gasteiger partial charge in [0, 0.05) is 0 Å². The molecule has 0 radical (unpaired) electrons. The zero-order valence-electron chi connectivity index (χ0n) is 9.56. The second-order valence-electron chi connectivity index (χ2n) is 3.82. The number of benzene rings is 1. The van der Waals surface area contributed by atoms with E-state index < -0.39 is 18.0 Å². The Morgan fingerprint density at radius 3 is 2.88 bits per heavy atom. The summed E-state index contributed by atoms with van der Waals surface area (Å²) in [6, 6.07) is 4.35. The van der Waals surface area contributed by atoms with Gasteiger partial charge in [0.05, 0.1) is 26.9 Å². The fourth-order valence-corrected chi connectivity index (χ4v) is 1.77. The van der Waals surface area contributed by atoms with E-state index in [-0.39, 0.29) is 5.75 Å². The van der Waals surface area contributed by atoms with E-state index in [1.54, 1.807) is 6.07 Å². The summed E-state index contributed by atoms with van der Waals surface area (Å²) in [6.07, 6.45) is -1.34. The van der Waals surface area contributed by atoms with Gasteiger partial charge >= 0.3 is 0 Å².